The molecule has 2 amide bonds. The molecule has 1 N–H and O–H groups in total. The fourth-order valence-electron chi connectivity index (χ4n) is 1.55. The molecule has 0 aliphatic carbocycles. The van der Waals surface area contributed by atoms with Gasteiger partial charge < -0.3 is 10.2 Å². The monoisotopic (exact) mass is 184 g/mol. The van der Waals surface area contributed by atoms with E-state index in [1.54, 1.807) is 4.90 Å². The molecule has 0 aromatic rings. The summed E-state index contributed by atoms with van der Waals surface area (Å²) in [5.74, 6) is 0.0429. The van der Waals surface area contributed by atoms with Crippen LogP contribution in [0.15, 0.2) is 0 Å². The van der Waals surface area contributed by atoms with Gasteiger partial charge in [-0.1, -0.05) is 0 Å². The van der Waals surface area contributed by atoms with Crippen LogP contribution < -0.4 is 5.32 Å². The molecule has 0 aromatic heterocycles. The molecular formula is C9H16N2O2. The fourth-order valence-corrected chi connectivity index (χ4v) is 1.55. The summed E-state index contributed by atoms with van der Waals surface area (Å²) in [6.45, 7) is 5.31. The van der Waals surface area contributed by atoms with Gasteiger partial charge in [0.2, 0.25) is 11.8 Å². The number of hydrogen-bond acceptors (Lipinski definition) is 2. The molecule has 13 heavy (non-hydrogen) atoms. The third-order valence-corrected chi connectivity index (χ3v) is 2.37. The molecule has 4 nitrogen and oxygen atoms in total. The Labute approximate surface area is 78.3 Å². The van der Waals surface area contributed by atoms with Crippen LogP contribution >= 0.6 is 0 Å². The summed E-state index contributed by atoms with van der Waals surface area (Å²) >= 11 is 0. The average Bonchev–Trinajstić information content (AvgIpc) is 2.54. The first kappa shape index (κ1) is 10.0. The second-order valence-electron chi connectivity index (χ2n) is 3.17. The summed E-state index contributed by atoms with van der Waals surface area (Å²) < 4.78 is 0. The minimum atomic E-state index is -0.271. The zero-order valence-corrected chi connectivity index (χ0v) is 8.17. The first-order valence-electron chi connectivity index (χ1n) is 4.77. The van der Waals surface area contributed by atoms with E-state index in [1.807, 2.05) is 13.8 Å². The van der Waals surface area contributed by atoms with Gasteiger partial charge in [-0.25, -0.2) is 0 Å². The van der Waals surface area contributed by atoms with E-state index in [2.05, 4.69) is 5.32 Å². The fraction of sp³-hybridized carbons (Fsp3) is 0.778. The third kappa shape index (κ3) is 2.20. The van der Waals surface area contributed by atoms with Gasteiger partial charge in [-0.05, 0) is 20.3 Å². The Morgan fingerprint density at radius 1 is 1.54 bits per heavy atom. The highest BCUT2D eigenvalue weighted by atomic mass is 16.2. The number of carbonyl (C=O) groups excluding carboxylic acids is 2. The number of nitrogens with one attached hydrogen (secondary N) is 1. The minimum Gasteiger partial charge on any atom is -0.344 e. The Morgan fingerprint density at radius 3 is 2.54 bits per heavy atom. The van der Waals surface area contributed by atoms with Gasteiger partial charge in [0.25, 0.3) is 0 Å². The Morgan fingerprint density at radius 2 is 2.15 bits per heavy atom. The maximum Gasteiger partial charge on any atom is 0.245 e. The number of rotatable bonds is 3. The first-order valence-corrected chi connectivity index (χ1v) is 4.77. The number of carbonyl (C=O) groups is 2. The lowest BCUT2D eigenvalue weighted by molar-refractivity contribution is -0.134. The largest absolute Gasteiger partial charge is 0.344 e. The van der Waals surface area contributed by atoms with Crippen LogP contribution in [0.25, 0.3) is 0 Å². The third-order valence-electron chi connectivity index (χ3n) is 2.37. The number of nitrogens with zero attached hydrogens (tertiary/aromatic N) is 1. The van der Waals surface area contributed by atoms with Crippen LogP contribution in [0.5, 0.6) is 0 Å². The van der Waals surface area contributed by atoms with E-state index >= 15 is 0 Å². The van der Waals surface area contributed by atoms with E-state index in [9.17, 15) is 9.59 Å². The quantitative estimate of drug-likeness (QED) is 0.678. The van der Waals surface area contributed by atoms with Crippen molar-refractivity contribution in [3.05, 3.63) is 0 Å². The van der Waals surface area contributed by atoms with Crippen LogP contribution in [0, 0.1) is 0 Å². The molecule has 1 aliphatic rings. The second-order valence-corrected chi connectivity index (χ2v) is 3.17. The van der Waals surface area contributed by atoms with Crippen molar-refractivity contribution in [2.75, 3.05) is 13.1 Å². The summed E-state index contributed by atoms with van der Waals surface area (Å²) in [6, 6.07) is -0.271. The van der Waals surface area contributed by atoms with Crippen LogP contribution in [0.1, 0.15) is 26.7 Å². The number of hydrogen-bond donors (Lipinski definition) is 1. The number of amides is 2. The van der Waals surface area contributed by atoms with Gasteiger partial charge in [0.05, 0.1) is 0 Å². The van der Waals surface area contributed by atoms with Gasteiger partial charge in [0, 0.05) is 19.5 Å². The highest BCUT2D eigenvalue weighted by Gasteiger charge is 2.29. The Bertz CT molecular complexity index is 212. The SMILES string of the molecule is CCN(CC)C(=O)C1CCC(=O)N1. The molecule has 0 saturated carbocycles. The second kappa shape index (κ2) is 4.25. The highest BCUT2D eigenvalue weighted by molar-refractivity contribution is 5.90. The molecule has 1 fully saturated rings. The van der Waals surface area contributed by atoms with Gasteiger partial charge in [-0.2, -0.15) is 0 Å². The van der Waals surface area contributed by atoms with Crippen LogP contribution in [0.2, 0.25) is 0 Å². The molecule has 0 radical (unpaired) electrons. The summed E-state index contributed by atoms with van der Waals surface area (Å²) in [5.41, 5.74) is 0. The zero-order valence-electron chi connectivity index (χ0n) is 8.17. The van der Waals surface area contributed by atoms with E-state index in [0.29, 0.717) is 25.9 Å². The molecule has 1 heterocycles. The summed E-state index contributed by atoms with van der Waals surface area (Å²) in [5, 5.41) is 2.67. The van der Waals surface area contributed by atoms with Crippen molar-refractivity contribution in [2.24, 2.45) is 0 Å². The predicted molar refractivity (Wildman–Crippen MR) is 49.1 cm³/mol. The Hall–Kier alpha value is -1.06. The van der Waals surface area contributed by atoms with Gasteiger partial charge >= 0.3 is 0 Å². The van der Waals surface area contributed by atoms with E-state index < -0.39 is 0 Å². The molecule has 0 aromatic carbocycles. The summed E-state index contributed by atoms with van der Waals surface area (Å²) in [4.78, 5) is 24.3. The van der Waals surface area contributed by atoms with Crippen molar-refractivity contribution in [3.8, 4) is 0 Å². The van der Waals surface area contributed by atoms with Crippen molar-refractivity contribution < 1.29 is 9.59 Å². The Balaban J connectivity index is 2.51. The van der Waals surface area contributed by atoms with Gasteiger partial charge in [-0.3, -0.25) is 9.59 Å². The smallest absolute Gasteiger partial charge is 0.245 e. The molecule has 1 unspecified atom stereocenters. The van der Waals surface area contributed by atoms with Gasteiger partial charge in [0.15, 0.2) is 0 Å². The predicted octanol–water partition coefficient (Wildman–Crippen LogP) is 0.133. The van der Waals surface area contributed by atoms with Crippen LogP contribution in [-0.4, -0.2) is 35.8 Å². The molecular weight excluding hydrogens is 168 g/mol. The molecule has 0 bridgehead atoms. The first-order chi connectivity index (χ1) is 6.19. The van der Waals surface area contributed by atoms with Crippen molar-refractivity contribution in [1.29, 1.82) is 0 Å². The minimum absolute atomic E-state index is 0.00879. The molecule has 1 atom stereocenters. The van der Waals surface area contributed by atoms with Crippen molar-refractivity contribution in [2.45, 2.75) is 32.7 Å². The lowest BCUT2D eigenvalue weighted by Gasteiger charge is -2.22. The van der Waals surface area contributed by atoms with E-state index in [0.717, 1.165) is 0 Å². The van der Waals surface area contributed by atoms with E-state index in [-0.39, 0.29) is 17.9 Å². The van der Waals surface area contributed by atoms with Gasteiger partial charge in [0.1, 0.15) is 6.04 Å². The molecule has 4 heteroatoms. The maximum atomic E-state index is 11.7. The molecule has 0 spiro atoms. The Kier molecular flexibility index (Phi) is 3.28. The topological polar surface area (TPSA) is 49.4 Å². The van der Waals surface area contributed by atoms with Crippen molar-refractivity contribution >= 4 is 11.8 Å². The number of likely N-dealkylation sites (N-methyl/N-ethyl adjacent to an activating group) is 1. The summed E-state index contributed by atoms with van der Waals surface area (Å²) in [7, 11) is 0. The molecule has 1 saturated heterocycles. The van der Waals surface area contributed by atoms with Crippen molar-refractivity contribution in [1.82, 2.24) is 10.2 Å². The van der Waals surface area contributed by atoms with Gasteiger partial charge in [-0.15, -0.1) is 0 Å². The molecule has 74 valence electrons. The van der Waals surface area contributed by atoms with Crippen LogP contribution in [0.4, 0.5) is 0 Å². The molecule has 1 aliphatic heterocycles. The average molecular weight is 184 g/mol. The standard InChI is InChI=1S/C9H16N2O2/c1-3-11(4-2)9(13)7-5-6-8(12)10-7/h7H,3-6H2,1-2H3,(H,10,12). The zero-order chi connectivity index (χ0) is 9.84. The lowest BCUT2D eigenvalue weighted by atomic mass is 10.2. The maximum absolute atomic E-state index is 11.7. The lowest BCUT2D eigenvalue weighted by Crippen LogP contribution is -2.44. The summed E-state index contributed by atoms with van der Waals surface area (Å²) in [6.07, 6.45) is 1.13. The van der Waals surface area contributed by atoms with E-state index in [1.165, 1.54) is 0 Å². The van der Waals surface area contributed by atoms with Crippen LogP contribution in [-0.2, 0) is 9.59 Å². The van der Waals surface area contributed by atoms with E-state index in [4.69, 9.17) is 0 Å². The molecule has 1 rings (SSSR count). The highest BCUT2D eigenvalue weighted by Crippen LogP contribution is 2.09. The normalized spacial score (nSPS) is 21.4. The van der Waals surface area contributed by atoms with Crippen LogP contribution in [0.3, 0.4) is 0 Å². The van der Waals surface area contributed by atoms with Crippen molar-refractivity contribution in [3.63, 3.8) is 0 Å².